The average Bonchev–Trinajstić information content (AvgIpc) is 2.79. The smallest absolute Gasteiger partial charge is 0.267 e. The van der Waals surface area contributed by atoms with Crippen molar-refractivity contribution in [3.05, 3.63) is 29.4 Å². The zero-order valence-electron chi connectivity index (χ0n) is 10.8. The van der Waals surface area contributed by atoms with E-state index in [1.807, 2.05) is 0 Å². The number of carbonyl (C=O) groups excluding carboxylic acids is 1. The maximum absolute atomic E-state index is 12.1. The Bertz CT molecular complexity index is 787. The molecule has 0 aliphatic carbocycles. The van der Waals surface area contributed by atoms with Gasteiger partial charge < -0.3 is 11.1 Å². The number of aromatic amines is 1. The van der Waals surface area contributed by atoms with E-state index in [2.05, 4.69) is 20.2 Å². The largest absolute Gasteiger partial charge is 0.383 e. The van der Waals surface area contributed by atoms with Crippen LogP contribution in [0.4, 0.5) is 17.2 Å². The number of aromatic nitrogens is 2. The molecule has 5 N–H and O–H groups in total. The summed E-state index contributed by atoms with van der Waals surface area (Å²) >= 11 is 5.97. The van der Waals surface area contributed by atoms with Crippen LogP contribution in [0.3, 0.4) is 0 Å². The molecule has 0 saturated heterocycles. The van der Waals surface area contributed by atoms with Gasteiger partial charge in [0.1, 0.15) is 10.7 Å². The molecule has 1 aromatic carbocycles. The van der Waals surface area contributed by atoms with Gasteiger partial charge >= 0.3 is 0 Å². The van der Waals surface area contributed by atoms with Crippen molar-refractivity contribution in [2.75, 3.05) is 15.8 Å². The summed E-state index contributed by atoms with van der Waals surface area (Å²) in [6.07, 6.45) is 1.10. The first kappa shape index (κ1) is 15.1. The van der Waals surface area contributed by atoms with Crippen LogP contribution >= 0.6 is 11.6 Å². The van der Waals surface area contributed by atoms with Gasteiger partial charge in [0.15, 0.2) is 0 Å². The van der Waals surface area contributed by atoms with Crippen LogP contribution in [0.5, 0.6) is 0 Å². The second kappa shape index (κ2) is 5.62. The molecule has 0 bridgehead atoms. The highest BCUT2D eigenvalue weighted by Crippen LogP contribution is 2.27. The molecule has 0 aliphatic rings. The fourth-order valence-electron chi connectivity index (χ4n) is 1.58. The summed E-state index contributed by atoms with van der Waals surface area (Å²) in [6, 6.07) is 4.33. The van der Waals surface area contributed by atoms with Gasteiger partial charge in [-0.25, -0.2) is 8.42 Å². The van der Waals surface area contributed by atoms with E-state index < -0.39 is 10.0 Å². The van der Waals surface area contributed by atoms with E-state index in [0.29, 0.717) is 5.69 Å². The molecule has 8 nitrogen and oxygen atoms in total. The first-order chi connectivity index (χ1) is 9.79. The number of nitrogen functional groups attached to an aromatic ring is 1. The van der Waals surface area contributed by atoms with Gasteiger partial charge in [-0.15, -0.1) is 0 Å². The Labute approximate surface area is 125 Å². The third-order valence-corrected chi connectivity index (χ3v) is 4.18. The number of sulfonamides is 1. The van der Waals surface area contributed by atoms with Crippen LogP contribution < -0.4 is 15.8 Å². The molecule has 2 rings (SSSR count). The lowest BCUT2D eigenvalue weighted by Gasteiger charge is -2.10. The number of amides is 1. The summed E-state index contributed by atoms with van der Waals surface area (Å²) in [5.74, 6) is -0.347. The predicted molar refractivity (Wildman–Crippen MR) is 79.6 cm³/mol. The van der Waals surface area contributed by atoms with Crippen LogP contribution in [0.15, 0.2) is 29.3 Å². The molecule has 1 aromatic heterocycles. The van der Waals surface area contributed by atoms with Crippen molar-refractivity contribution >= 4 is 44.7 Å². The Morgan fingerprint density at radius 3 is 2.67 bits per heavy atom. The quantitative estimate of drug-likeness (QED) is 0.673. The highest BCUT2D eigenvalue weighted by atomic mass is 35.5. The van der Waals surface area contributed by atoms with Gasteiger partial charge in [-0.2, -0.15) is 5.10 Å². The molecule has 2 aromatic rings. The fraction of sp³-hybridized carbons (Fsp3) is 0.0909. The molecule has 0 spiro atoms. The standard InChI is InChI=1S/C11H12ClN5O3S/c1-6(18)15-9-3-2-7(4-8(9)12)17-21(19,20)10-5-14-16-11(10)13/h2-5,17H,1H3,(H,15,18)(H3,13,14,16). The molecule has 0 atom stereocenters. The van der Waals surface area contributed by atoms with Crippen molar-refractivity contribution in [3.8, 4) is 0 Å². The van der Waals surface area contributed by atoms with Crippen LogP contribution in [-0.4, -0.2) is 24.5 Å². The lowest BCUT2D eigenvalue weighted by molar-refractivity contribution is -0.114. The lowest BCUT2D eigenvalue weighted by Crippen LogP contribution is -2.14. The Hall–Kier alpha value is -2.26. The molecular formula is C11H12ClN5O3S. The molecule has 112 valence electrons. The third kappa shape index (κ3) is 3.44. The topological polar surface area (TPSA) is 130 Å². The molecule has 0 saturated carbocycles. The number of nitrogens with two attached hydrogens (primary N) is 1. The highest BCUT2D eigenvalue weighted by Gasteiger charge is 2.19. The maximum Gasteiger partial charge on any atom is 0.267 e. The zero-order valence-corrected chi connectivity index (χ0v) is 12.4. The number of nitrogens with zero attached hydrogens (tertiary/aromatic N) is 1. The van der Waals surface area contributed by atoms with Gasteiger partial charge in [-0.1, -0.05) is 11.6 Å². The summed E-state index contributed by atoms with van der Waals surface area (Å²) in [4.78, 5) is 10.8. The van der Waals surface area contributed by atoms with Crippen LogP contribution in [0, 0.1) is 0 Å². The van der Waals surface area contributed by atoms with Crippen molar-refractivity contribution in [1.29, 1.82) is 0 Å². The van der Waals surface area contributed by atoms with Gasteiger partial charge in [0.2, 0.25) is 5.91 Å². The molecular weight excluding hydrogens is 318 g/mol. The second-order valence-electron chi connectivity index (χ2n) is 4.13. The Morgan fingerprint density at radius 2 is 2.14 bits per heavy atom. The van der Waals surface area contributed by atoms with Crippen molar-refractivity contribution in [3.63, 3.8) is 0 Å². The molecule has 0 aliphatic heterocycles. The van der Waals surface area contributed by atoms with Crippen molar-refractivity contribution in [2.45, 2.75) is 11.8 Å². The van der Waals surface area contributed by atoms with Crippen molar-refractivity contribution < 1.29 is 13.2 Å². The Morgan fingerprint density at radius 1 is 1.43 bits per heavy atom. The number of anilines is 3. The molecule has 0 radical (unpaired) electrons. The summed E-state index contributed by atoms with van der Waals surface area (Å²) < 4.78 is 26.5. The summed E-state index contributed by atoms with van der Waals surface area (Å²) in [5, 5.41) is 8.61. The van der Waals surface area contributed by atoms with E-state index in [1.54, 1.807) is 0 Å². The summed E-state index contributed by atoms with van der Waals surface area (Å²) in [5.41, 5.74) is 6.09. The van der Waals surface area contributed by atoms with Crippen LogP contribution in [0.1, 0.15) is 6.92 Å². The number of hydrogen-bond acceptors (Lipinski definition) is 5. The number of carbonyl (C=O) groups is 1. The molecule has 1 heterocycles. The van der Waals surface area contributed by atoms with Crippen molar-refractivity contribution in [2.24, 2.45) is 0 Å². The Kier molecular flexibility index (Phi) is 4.05. The number of hydrogen-bond donors (Lipinski definition) is 4. The number of rotatable bonds is 4. The van der Waals surface area contributed by atoms with E-state index in [1.165, 1.54) is 25.1 Å². The van der Waals surface area contributed by atoms with E-state index in [-0.39, 0.29) is 27.3 Å². The SMILES string of the molecule is CC(=O)Nc1ccc(NS(=O)(=O)c2cn[nH]c2N)cc1Cl. The van der Waals surface area contributed by atoms with Crippen LogP contribution in [0.2, 0.25) is 5.02 Å². The van der Waals surface area contributed by atoms with E-state index in [4.69, 9.17) is 17.3 Å². The minimum atomic E-state index is -3.87. The number of halogens is 1. The molecule has 10 heteroatoms. The second-order valence-corrected chi connectivity index (χ2v) is 6.19. The van der Waals surface area contributed by atoms with E-state index in [9.17, 15) is 13.2 Å². The molecule has 0 fully saturated rings. The van der Waals surface area contributed by atoms with Crippen molar-refractivity contribution in [1.82, 2.24) is 10.2 Å². The molecule has 0 unspecified atom stereocenters. The minimum absolute atomic E-state index is 0.0662. The summed E-state index contributed by atoms with van der Waals surface area (Å²) in [6.45, 7) is 1.34. The van der Waals surface area contributed by atoms with Gasteiger partial charge in [-0.05, 0) is 18.2 Å². The summed E-state index contributed by atoms with van der Waals surface area (Å²) in [7, 11) is -3.87. The van der Waals surface area contributed by atoms with Gasteiger partial charge in [-0.3, -0.25) is 14.6 Å². The van der Waals surface area contributed by atoms with E-state index in [0.717, 1.165) is 6.20 Å². The van der Waals surface area contributed by atoms with Gasteiger partial charge in [0.25, 0.3) is 10.0 Å². The average molecular weight is 330 g/mol. The monoisotopic (exact) mass is 329 g/mol. The van der Waals surface area contributed by atoms with Crippen LogP contribution in [-0.2, 0) is 14.8 Å². The first-order valence-corrected chi connectivity index (χ1v) is 7.54. The minimum Gasteiger partial charge on any atom is -0.383 e. The van der Waals surface area contributed by atoms with Gasteiger partial charge in [0.05, 0.1) is 22.6 Å². The number of nitrogens with one attached hydrogen (secondary N) is 3. The van der Waals surface area contributed by atoms with E-state index >= 15 is 0 Å². The predicted octanol–water partition coefficient (Wildman–Crippen LogP) is 1.40. The van der Waals surface area contributed by atoms with Crippen LogP contribution in [0.25, 0.3) is 0 Å². The lowest BCUT2D eigenvalue weighted by atomic mass is 10.3. The first-order valence-electron chi connectivity index (χ1n) is 5.68. The Balaban J connectivity index is 2.26. The third-order valence-electron chi connectivity index (χ3n) is 2.45. The fourth-order valence-corrected chi connectivity index (χ4v) is 2.88. The van der Waals surface area contributed by atoms with Gasteiger partial charge in [0, 0.05) is 6.92 Å². The maximum atomic E-state index is 12.1. The number of benzene rings is 1. The normalized spacial score (nSPS) is 11.1. The number of H-pyrrole nitrogens is 1. The zero-order chi connectivity index (χ0) is 15.6. The highest BCUT2D eigenvalue weighted by molar-refractivity contribution is 7.92. The molecule has 1 amide bonds. The molecule has 21 heavy (non-hydrogen) atoms.